The fourth-order valence-electron chi connectivity index (χ4n) is 1.97. The number of carbonyl (C=O) groups excluding carboxylic acids is 3. The van der Waals surface area contributed by atoms with Gasteiger partial charge in [-0.25, -0.2) is 9.59 Å². The first-order chi connectivity index (χ1) is 10.9. The normalized spacial score (nSPS) is 10.6. The number of benzene rings is 1. The van der Waals surface area contributed by atoms with Gasteiger partial charge in [0.1, 0.15) is 5.75 Å². The van der Waals surface area contributed by atoms with E-state index >= 15 is 0 Å². The molecule has 0 aliphatic heterocycles. The Bertz CT molecular complexity index is 544. The van der Waals surface area contributed by atoms with Crippen LogP contribution in [0.5, 0.6) is 5.75 Å². The van der Waals surface area contributed by atoms with Gasteiger partial charge in [0.2, 0.25) is 0 Å². The van der Waals surface area contributed by atoms with Gasteiger partial charge in [-0.1, -0.05) is 12.1 Å². The molecule has 0 atom stereocenters. The molecule has 0 amide bonds. The number of carbonyl (C=O) groups is 3. The van der Waals surface area contributed by atoms with Crippen molar-refractivity contribution in [2.24, 2.45) is 0 Å². The lowest BCUT2D eigenvalue weighted by molar-refractivity contribution is -0.197. The van der Waals surface area contributed by atoms with Crippen molar-refractivity contribution in [1.29, 1.82) is 0 Å². The minimum absolute atomic E-state index is 0.0113. The first kappa shape index (κ1) is 18.5. The molecule has 0 unspecified atom stereocenters. The Morgan fingerprint density at radius 1 is 0.957 bits per heavy atom. The van der Waals surface area contributed by atoms with Gasteiger partial charge in [-0.05, 0) is 26.0 Å². The maximum absolute atomic E-state index is 12.4. The molecule has 7 heteroatoms. The van der Waals surface area contributed by atoms with Crippen molar-refractivity contribution in [3.05, 3.63) is 29.8 Å². The summed E-state index contributed by atoms with van der Waals surface area (Å²) >= 11 is 0. The van der Waals surface area contributed by atoms with Crippen LogP contribution < -0.4 is 4.74 Å². The smallest absolute Gasteiger partial charge is 0.367 e. The summed E-state index contributed by atoms with van der Waals surface area (Å²) < 4.78 is 20.0. The SMILES string of the molecule is CCOC(=O)C(OC(C)=O)(C(=O)OCC)c1ccc(OC)cc1. The first-order valence-electron chi connectivity index (χ1n) is 7.10. The average Bonchev–Trinajstić information content (AvgIpc) is 2.53. The van der Waals surface area contributed by atoms with Crippen LogP contribution >= 0.6 is 0 Å². The quantitative estimate of drug-likeness (QED) is 0.427. The molecule has 7 nitrogen and oxygen atoms in total. The number of esters is 3. The van der Waals surface area contributed by atoms with Gasteiger partial charge in [0.05, 0.1) is 20.3 Å². The van der Waals surface area contributed by atoms with Gasteiger partial charge in [0, 0.05) is 12.5 Å². The van der Waals surface area contributed by atoms with E-state index in [0.717, 1.165) is 6.92 Å². The molecule has 0 N–H and O–H groups in total. The molecule has 0 radical (unpaired) electrons. The summed E-state index contributed by atoms with van der Waals surface area (Å²) in [4.78, 5) is 36.4. The summed E-state index contributed by atoms with van der Waals surface area (Å²) in [6.45, 7) is 4.27. The molecule has 0 aliphatic rings. The van der Waals surface area contributed by atoms with E-state index in [0.29, 0.717) is 5.75 Å². The maximum Gasteiger partial charge on any atom is 0.367 e. The van der Waals surface area contributed by atoms with Crippen molar-refractivity contribution >= 4 is 17.9 Å². The number of hydrogen-bond acceptors (Lipinski definition) is 7. The molecule has 0 saturated heterocycles. The molecule has 0 aromatic heterocycles. The molecule has 1 aromatic rings. The lowest BCUT2D eigenvalue weighted by atomic mass is 9.93. The molecular weight excluding hydrogens is 304 g/mol. The van der Waals surface area contributed by atoms with Crippen LogP contribution in [-0.2, 0) is 34.2 Å². The number of ether oxygens (including phenoxy) is 4. The van der Waals surface area contributed by atoms with Crippen LogP contribution in [0.1, 0.15) is 26.3 Å². The Labute approximate surface area is 134 Å². The van der Waals surface area contributed by atoms with E-state index in [1.165, 1.54) is 31.4 Å². The molecule has 0 aliphatic carbocycles. The van der Waals surface area contributed by atoms with Crippen molar-refractivity contribution in [1.82, 2.24) is 0 Å². The fraction of sp³-hybridized carbons (Fsp3) is 0.438. The predicted molar refractivity (Wildman–Crippen MR) is 79.7 cm³/mol. The lowest BCUT2D eigenvalue weighted by Gasteiger charge is -2.28. The Kier molecular flexibility index (Phi) is 6.56. The Balaban J connectivity index is 3.47. The third-order valence-electron chi connectivity index (χ3n) is 2.92. The van der Waals surface area contributed by atoms with Crippen LogP contribution in [0.3, 0.4) is 0 Å². The van der Waals surface area contributed by atoms with Crippen LogP contribution in [0.25, 0.3) is 0 Å². The zero-order valence-corrected chi connectivity index (χ0v) is 13.6. The lowest BCUT2D eigenvalue weighted by Crippen LogP contribution is -2.49. The van der Waals surface area contributed by atoms with Crippen molar-refractivity contribution in [2.75, 3.05) is 20.3 Å². The summed E-state index contributed by atoms with van der Waals surface area (Å²) in [6, 6.07) is 5.95. The van der Waals surface area contributed by atoms with Gasteiger partial charge in [0.25, 0.3) is 0 Å². The third kappa shape index (κ3) is 4.00. The second-order valence-electron chi connectivity index (χ2n) is 4.44. The van der Waals surface area contributed by atoms with Gasteiger partial charge in [-0.2, -0.15) is 0 Å². The minimum Gasteiger partial charge on any atom is -0.497 e. The second kappa shape index (κ2) is 8.17. The molecule has 0 bridgehead atoms. The second-order valence-corrected chi connectivity index (χ2v) is 4.44. The fourth-order valence-corrected chi connectivity index (χ4v) is 1.97. The molecule has 23 heavy (non-hydrogen) atoms. The van der Waals surface area contributed by atoms with Crippen molar-refractivity contribution < 1.29 is 33.3 Å². The molecule has 0 spiro atoms. The highest BCUT2D eigenvalue weighted by Gasteiger charge is 2.54. The van der Waals surface area contributed by atoms with E-state index in [-0.39, 0.29) is 18.8 Å². The summed E-state index contributed by atoms with van der Waals surface area (Å²) in [7, 11) is 1.48. The van der Waals surface area contributed by atoms with E-state index < -0.39 is 23.5 Å². The van der Waals surface area contributed by atoms with Gasteiger partial charge in [-0.15, -0.1) is 0 Å². The Morgan fingerprint density at radius 2 is 1.43 bits per heavy atom. The average molecular weight is 324 g/mol. The van der Waals surface area contributed by atoms with Gasteiger partial charge >= 0.3 is 23.5 Å². The van der Waals surface area contributed by atoms with E-state index in [9.17, 15) is 14.4 Å². The number of rotatable bonds is 7. The molecule has 0 saturated carbocycles. The summed E-state index contributed by atoms with van der Waals surface area (Å²) in [6.07, 6.45) is 0. The van der Waals surface area contributed by atoms with Crippen LogP contribution in [0.2, 0.25) is 0 Å². The Hall–Kier alpha value is -2.57. The largest absolute Gasteiger partial charge is 0.497 e. The van der Waals surface area contributed by atoms with Gasteiger partial charge in [-0.3, -0.25) is 4.79 Å². The molecule has 0 heterocycles. The van der Waals surface area contributed by atoms with Crippen LogP contribution in [0.4, 0.5) is 0 Å². The first-order valence-corrected chi connectivity index (χ1v) is 7.10. The summed E-state index contributed by atoms with van der Waals surface area (Å²) in [5.41, 5.74) is -2.19. The standard InChI is InChI=1S/C16H20O7/c1-5-21-14(18)16(23-11(3)17,15(19)22-6-2)12-7-9-13(20-4)10-8-12/h7-10H,5-6H2,1-4H3. The minimum atomic E-state index is -2.30. The highest BCUT2D eigenvalue weighted by Crippen LogP contribution is 2.31. The maximum atomic E-state index is 12.4. The highest BCUT2D eigenvalue weighted by molar-refractivity contribution is 6.06. The molecule has 0 fully saturated rings. The summed E-state index contributed by atoms with van der Waals surface area (Å²) in [5.74, 6) is -2.34. The van der Waals surface area contributed by atoms with Crippen molar-refractivity contribution in [3.63, 3.8) is 0 Å². The number of hydrogen-bond donors (Lipinski definition) is 0. The highest BCUT2D eigenvalue weighted by atomic mass is 16.6. The predicted octanol–water partition coefficient (Wildman–Crippen LogP) is 1.58. The zero-order valence-electron chi connectivity index (χ0n) is 13.6. The monoisotopic (exact) mass is 324 g/mol. The van der Waals surface area contributed by atoms with E-state index in [1.54, 1.807) is 13.8 Å². The summed E-state index contributed by atoms with van der Waals surface area (Å²) in [5, 5.41) is 0. The van der Waals surface area contributed by atoms with Crippen LogP contribution in [0.15, 0.2) is 24.3 Å². The molecule has 126 valence electrons. The Morgan fingerprint density at radius 3 is 1.78 bits per heavy atom. The number of methoxy groups -OCH3 is 1. The van der Waals surface area contributed by atoms with Crippen LogP contribution in [-0.4, -0.2) is 38.2 Å². The third-order valence-corrected chi connectivity index (χ3v) is 2.92. The zero-order chi connectivity index (χ0) is 17.5. The molecular formula is C16H20O7. The molecule has 1 rings (SSSR count). The van der Waals surface area contributed by atoms with Crippen molar-refractivity contribution in [3.8, 4) is 5.75 Å². The topological polar surface area (TPSA) is 88.1 Å². The van der Waals surface area contributed by atoms with E-state index in [4.69, 9.17) is 18.9 Å². The van der Waals surface area contributed by atoms with Crippen LogP contribution in [0, 0.1) is 0 Å². The van der Waals surface area contributed by atoms with Crippen molar-refractivity contribution in [2.45, 2.75) is 26.4 Å². The van der Waals surface area contributed by atoms with E-state index in [1.807, 2.05) is 0 Å². The van der Waals surface area contributed by atoms with Gasteiger partial charge < -0.3 is 18.9 Å². The molecule has 1 aromatic carbocycles. The van der Waals surface area contributed by atoms with Gasteiger partial charge in [0.15, 0.2) is 0 Å². The van der Waals surface area contributed by atoms with E-state index in [2.05, 4.69) is 0 Å².